The van der Waals surface area contributed by atoms with Crippen LogP contribution in [-0.2, 0) is 18.3 Å². The third-order valence-electron chi connectivity index (χ3n) is 2.97. The Balaban J connectivity index is 1.85. The van der Waals surface area contributed by atoms with Gasteiger partial charge in [-0.1, -0.05) is 37.3 Å². The maximum absolute atomic E-state index is 10.3. The van der Waals surface area contributed by atoms with Gasteiger partial charge in [-0.2, -0.15) is 0 Å². The van der Waals surface area contributed by atoms with Gasteiger partial charge in [0, 0.05) is 19.7 Å². The molecule has 0 aliphatic rings. The van der Waals surface area contributed by atoms with Gasteiger partial charge in [0.2, 0.25) is 0 Å². The van der Waals surface area contributed by atoms with Crippen LogP contribution < -0.4 is 0 Å². The summed E-state index contributed by atoms with van der Waals surface area (Å²) in [5, 5.41) is 16.4. The molecule has 0 saturated heterocycles. The molecule has 0 radical (unpaired) electrons. The Morgan fingerprint density at radius 1 is 1.17 bits per heavy atom. The van der Waals surface area contributed by atoms with Crippen molar-refractivity contribution in [1.29, 1.82) is 0 Å². The lowest BCUT2D eigenvalue weighted by Gasteiger charge is -2.00. The van der Waals surface area contributed by atoms with Gasteiger partial charge < -0.3 is 5.11 Å². The standard InChI is InChI=1S/C13H23N3O2/c1-16-11-12(14-15-16)9-7-5-3-2-4-6-8-10-13(17)18/h11H,2-10H2,1H3,(H,17,18). The quantitative estimate of drug-likeness (QED) is 0.651. The molecule has 0 aliphatic carbocycles. The molecule has 0 fully saturated rings. The normalized spacial score (nSPS) is 10.7. The van der Waals surface area contributed by atoms with Crippen LogP contribution in [0.2, 0.25) is 0 Å². The van der Waals surface area contributed by atoms with Crippen molar-refractivity contribution in [3.05, 3.63) is 11.9 Å². The highest BCUT2D eigenvalue weighted by Crippen LogP contribution is 2.10. The van der Waals surface area contributed by atoms with Crippen LogP contribution in [0.3, 0.4) is 0 Å². The summed E-state index contributed by atoms with van der Waals surface area (Å²) in [6.07, 6.45) is 11.1. The summed E-state index contributed by atoms with van der Waals surface area (Å²) in [7, 11) is 1.88. The molecule has 102 valence electrons. The zero-order valence-corrected chi connectivity index (χ0v) is 11.1. The minimum atomic E-state index is -0.682. The average molecular weight is 253 g/mol. The zero-order valence-electron chi connectivity index (χ0n) is 11.1. The van der Waals surface area contributed by atoms with Gasteiger partial charge in [0.15, 0.2) is 0 Å². The summed E-state index contributed by atoms with van der Waals surface area (Å²) in [4.78, 5) is 10.3. The molecule has 1 heterocycles. The van der Waals surface area contributed by atoms with Gasteiger partial charge in [0.25, 0.3) is 0 Å². The number of nitrogens with zero attached hydrogens (tertiary/aromatic N) is 3. The molecule has 1 aromatic rings. The smallest absolute Gasteiger partial charge is 0.303 e. The van der Waals surface area contributed by atoms with Crippen molar-refractivity contribution in [3.8, 4) is 0 Å². The van der Waals surface area contributed by atoms with E-state index >= 15 is 0 Å². The molecule has 0 bridgehead atoms. The molecule has 0 aliphatic heterocycles. The minimum absolute atomic E-state index is 0.312. The summed E-state index contributed by atoms with van der Waals surface area (Å²) < 4.78 is 1.73. The molecular formula is C13H23N3O2. The second-order valence-corrected chi connectivity index (χ2v) is 4.75. The topological polar surface area (TPSA) is 68.0 Å². The van der Waals surface area contributed by atoms with E-state index in [1.165, 1.54) is 19.3 Å². The van der Waals surface area contributed by atoms with Crippen molar-refractivity contribution in [1.82, 2.24) is 15.0 Å². The molecule has 0 unspecified atom stereocenters. The number of hydrogen-bond donors (Lipinski definition) is 1. The Hall–Kier alpha value is -1.39. The number of hydrogen-bond acceptors (Lipinski definition) is 3. The molecule has 18 heavy (non-hydrogen) atoms. The average Bonchev–Trinajstić information content (AvgIpc) is 2.72. The van der Waals surface area contributed by atoms with E-state index in [-0.39, 0.29) is 0 Å². The Morgan fingerprint density at radius 3 is 2.33 bits per heavy atom. The zero-order chi connectivity index (χ0) is 13.2. The van der Waals surface area contributed by atoms with Crippen molar-refractivity contribution in [2.45, 2.75) is 57.8 Å². The first-order chi connectivity index (χ1) is 8.68. The maximum atomic E-state index is 10.3. The van der Waals surface area contributed by atoms with E-state index in [4.69, 9.17) is 5.11 Å². The van der Waals surface area contributed by atoms with E-state index in [0.717, 1.165) is 37.8 Å². The van der Waals surface area contributed by atoms with E-state index in [1.54, 1.807) is 4.68 Å². The second-order valence-electron chi connectivity index (χ2n) is 4.75. The van der Waals surface area contributed by atoms with Crippen LogP contribution in [0.5, 0.6) is 0 Å². The Kier molecular flexibility index (Phi) is 7.06. The maximum Gasteiger partial charge on any atom is 0.303 e. The van der Waals surface area contributed by atoms with Crippen molar-refractivity contribution < 1.29 is 9.90 Å². The lowest BCUT2D eigenvalue weighted by atomic mass is 10.1. The number of aliphatic carboxylic acids is 1. The molecule has 0 amide bonds. The van der Waals surface area contributed by atoms with Crippen LogP contribution in [0.15, 0.2) is 6.20 Å². The van der Waals surface area contributed by atoms with Gasteiger partial charge in [0.05, 0.1) is 5.69 Å². The van der Waals surface area contributed by atoms with Crippen LogP contribution in [0, 0.1) is 0 Å². The third-order valence-corrected chi connectivity index (χ3v) is 2.97. The molecule has 1 aromatic heterocycles. The van der Waals surface area contributed by atoms with Gasteiger partial charge in [-0.3, -0.25) is 9.48 Å². The van der Waals surface area contributed by atoms with Gasteiger partial charge in [-0.25, -0.2) is 0 Å². The number of aromatic nitrogens is 3. The first kappa shape index (κ1) is 14.7. The fraction of sp³-hybridized carbons (Fsp3) is 0.769. The van der Waals surface area contributed by atoms with Crippen LogP contribution >= 0.6 is 0 Å². The van der Waals surface area contributed by atoms with Crippen LogP contribution in [0.25, 0.3) is 0 Å². The Labute approximate surface area is 108 Å². The summed E-state index contributed by atoms with van der Waals surface area (Å²) in [5.41, 5.74) is 1.07. The molecule has 0 aromatic carbocycles. The number of carboxylic acids is 1. The van der Waals surface area contributed by atoms with Crippen molar-refractivity contribution in [3.63, 3.8) is 0 Å². The van der Waals surface area contributed by atoms with Crippen LogP contribution in [0.1, 0.15) is 57.1 Å². The second kappa shape index (κ2) is 8.66. The number of aryl methyl sites for hydroxylation is 2. The summed E-state index contributed by atoms with van der Waals surface area (Å²) in [6.45, 7) is 0. The van der Waals surface area contributed by atoms with E-state index in [2.05, 4.69) is 10.3 Å². The van der Waals surface area contributed by atoms with E-state index < -0.39 is 5.97 Å². The number of rotatable bonds is 10. The number of unbranched alkanes of at least 4 members (excludes halogenated alkanes) is 6. The number of carbonyl (C=O) groups is 1. The molecule has 0 saturated carbocycles. The first-order valence-electron chi connectivity index (χ1n) is 6.75. The van der Waals surface area contributed by atoms with E-state index in [0.29, 0.717) is 6.42 Å². The summed E-state index contributed by atoms with van der Waals surface area (Å²) in [6, 6.07) is 0. The van der Waals surface area contributed by atoms with Crippen molar-refractivity contribution in [2.24, 2.45) is 7.05 Å². The Bertz CT molecular complexity index is 350. The highest BCUT2D eigenvalue weighted by molar-refractivity contribution is 5.66. The number of carboxylic acid groups (broad SMARTS) is 1. The molecule has 0 spiro atoms. The molecule has 5 heteroatoms. The molecule has 1 rings (SSSR count). The van der Waals surface area contributed by atoms with Crippen LogP contribution in [0.4, 0.5) is 0 Å². The Morgan fingerprint density at radius 2 is 1.78 bits per heavy atom. The molecule has 1 N–H and O–H groups in total. The fourth-order valence-electron chi connectivity index (χ4n) is 1.98. The lowest BCUT2D eigenvalue weighted by molar-refractivity contribution is -0.137. The van der Waals surface area contributed by atoms with Gasteiger partial charge in [-0.15, -0.1) is 5.10 Å². The van der Waals surface area contributed by atoms with Gasteiger partial charge in [-0.05, 0) is 19.3 Å². The van der Waals surface area contributed by atoms with E-state index in [9.17, 15) is 4.79 Å². The molecule has 5 nitrogen and oxygen atoms in total. The third kappa shape index (κ3) is 7.04. The van der Waals surface area contributed by atoms with Gasteiger partial charge in [0.1, 0.15) is 0 Å². The van der Waals surface area contributed by atoms with E-state index in [1.807, 2.05) is 13.2 Å². The monoisotopic (exact) mass is 253 g/mol. The summed E-state index contributed by atoms with van der Waals surface area (Å²) in [5.74, 6) is -0.682. The highest BCUT2D eigenvalue weighted by atomic mass is 16.4. The fourth-order valence-corrected chi connectivity index (χ4v) is 1.98. The largest absolute Gasteiger partial charge is 0.481 e. The highest BCUT2D eigenvalue weighted by Gasteiger charge is 1.99. The summed E-state index contributed by atoms with van der Waals surface area (Å²) >= 11 is 0. The first-order valence-corrected chi connectivity index (χ1v) is 6.75. The lowest BCUT2D eigenvalue weighted by Crippen LogP contribution is -1.93. The van der Waals surface area contributed by atoms with Crippen molar-refractivity contribution in [2.75, 3.05) is 0 Å². The minimum Gasteiger partial charge on any atom is -0.481 e. The van der Waals surface area contributed by atoms with Crippen LogP contribution in [-0.4, -0.2) is 26.1 Å². The SMILES string of the molecule is Cn1cc(CCCCCCCCCC(=O)O)nn1. The van der Waals surface area contributed by atoms with Crippen molar-refractivity contribution >= 4 is 5.97 Å². The van der Waals surface area contributed by atoms with Gasteiger partial charge >= 0.3 is 5.97 Å². The predicted molar refractivity (Wildman–Crippen MR) is 69.3 cm³/mol. The molecular weight excluding hydrogens is 230 g/mol. The predicted octanol–water partition coefficient (Wildman–Crippen LogP) is 2.56. The molecule has 0 atom stereocenters.